The number of benzene rings is 1. The molecular weight excluding hydrogens is 324 g/mol. The minimum absolute atomic E-state index is 0.520. The third kappa shape index (κ3) is 2.39. The van der Waals surface area contributed by atoms with Gasteiger partial charge in [-0.3, -0.25) is 4.79 Å². The summed E-state index contributed by atoms with van der Waals surface area (Å²) in [5, 5.41) is 9.83. The standard InChI is InChI=1S/C15H19BrO4/c1-19-11-7-6-10(16)12(13(11)20-2)15(14(17)18)8-4-3-5-9-15/h6-7H,3-5,8-9H2,1-2H3,(H,17,18). The van der Waals surface area contributed by atoms with Crippen molar-refractivity contribution in [1.82, 2.24) is 0 Å². The molecule has 1 N–H and O–H groups in total. The minimum Gasteiger partial charge on any atom is -0.493 e. The van der Waals surface area contributed by atoms with E-state index in [-0.39, 0.29) is 0 Å². The van der Waals surface area contributed by atoms with Crippen LogP contribution in [0.2, 0.25) is 0 Å². The lowest BCUT2D eigenvalue weighted by Crippen LogP contribution is -2.38. The van der Waals surface area contributed by atoms with E-state index in [0.29, 0.717) is 29.9 Å². The molecule has 1 aromatic rings. The first-order chi connectivity index (χ1) is 9.56. The Labute approximate surface area is 127 Å². The third-order valence-electron chi connectivity index (χ3n) is 4.09. The van der Waals surface area contributed by atoms with Gasteiger partial charge in [-0.05, 0) is 25.0 Å². The van der Waals surface area contributed by atoms with Crippen LogP contribution in [0.1, 0.15) is 37.7 Å². The van der Waals surface area contributed by atoms with Crippen molar-refractivity contribution < 1.29 is 19.4 Å². The normalized spacial score (nSPS) is 17.6. The number of aliphatic carboxylic acids is 1. The molecule has 1 fully saturated rings. The van der Waals surface area contributed by atoms with Crippen LogP contribution in [0, 0.1) is 0 Å². The predicted octanol–water partition coefficient (Wildman–Crippen LogP) is 3.75. The van der Waals surface area contributed by atoms with Crippen molar-refractivity contribution in [2.75, 3.05) is 14.2 Å². The van der Waals surface area contributed by atoms with Crippen molar-refractivity contribution in [3.8, 4) is 11.5 Å². The summed E-state index contributed by atoms with van der Waals surface area (Å²) in [6.07, 6.45) is 4.17. The van der Waals surface area contributed by atoms with E-state index < -0.39 is 11.4 Å². The summed E-state index contributed by atoms with van der Waals surface area (Å²) in [6, 6.07) is 3.61. The van der Waals surface area contributed by atoms with Crippen LogP contribution < -0.4 is 9.47 Å². The highest BCUT2D eigenvalue weighted by molar-refractivity contribution is 9.10. The summed E-state index contributed by atoms with van der Waals surface area (Å²) in [6.45, 7) is 0. The molecule has 0 spiro atoms. The van der Waals surface area contributed by atoms with Gasteiger partial charge in [0.1, 0.15) is 0 Å². The predicted molar refractivity (Wildman–Crippen MR) is 79.6 cm³/mol. The molecule has 0 aliphatic heterocycles. The molecule has 110 valence electrons. The van der Waals surface area contributed by atoms with Crippen LogP contribution in [0.5, 0.6) is 11.5 Å². The van der Waals surface area contributed by atoms with Gasteiger partial charge in [-0.25, -0.2) is 0 Å². The minimum atomic E-state index is -0.892. The van der Waals surface area contributed by atoms with Crippen LogP contribution in [0.3, 0.4) is 0 Å². The van der Waals surface area contributed by atoms with Gasteiger partial charge in [-0.15, -0.1) is 0 Å². The van der Waals surface area contributed by atoms with Gasteiger partial charge in [-0.2, -0.15) is 0 Å². The smallest absolute Gasteiger partial charge is 0.314 e. The van der Waals surface area contributed by atoms with Crippen molar-refractivity contribution in [2.24, 2.45) is 0 Å². The van der Waals surface area contributed by atoms with E-state index in [9.17, 15) is 9.90 Å². The first kappa shape index (κ1) is 15.2. The molecule has 0 heterocycles. The molecule has 0 atom stereocenters. The van der Waals surface area contributed by atoms with E-state index in [1.54, 1.807) is 20.3 Å². The molecule has 2 rings (SSSR count). The number of halogens is 1. The molecule has 0 aromatic heterocycles. The van der Waals surface area contributed by atoms with Crippen LogP contribution in [-0.2, 0) is 10.2 Å². The van der Waals surface area contributed by atoms with Crippen LogP contribution >= 0.6 is 15.9 Å². The van der Waals surface area contributed by atoms with E-state index in [0.717, 1.165) is 23.7 Å². The summed E-state index contributed by atoms with van der Waals surface area (Å²) >= 11 is 3.49. The first-order valence-electron chi connectivity index (χ1n) is 6.71. The molecule has 5 heteroatoms. The van der Waals surface area contributed by atoms with Gasteiger partial charge in [-0.1, -0.05) is 35.2 Å². The van der Waals surface area contributed by atoms with Crippen molar-refractivity contribution in [1.29, 1.82) is 0 Å². The molecule has 1 aliphatic rings. The SMILES string of the molecule is COc1ccc(Br)c(C2(C(=O)O)CCCCC2)c1OC. The highest BCUT2D eigenvalue weighted by Crippen LogP contribution is 2.49. The van der Waals surface area contributed by atoms with Gasteiger partial charge < -0.3 is 14.6 Å². The molecule has 20 heavy (non-hydrogen) atoms. The molecule has 4 nitrogen and oxygen atoms in total. The summed E-state index contributed by atoms with van der Waals surface area (Å²) in [5.41, 5.74) is -0.191. The molecule has 0 bridgehead atoms. The zero-order valence-electron chi connectivity index (χ0n) is 11.7. The van der Waals surface area contributed by atoms with E-state index in [1.807, 2.05) is 6.07 Å². The molecular formula is C15H19BrO4. The van der Waals surface area contributed by atoms with E-state index >= 15 is 0 Å². The average Bonchev–Trinajstić information content (AvgIpc) is 2.47. The highest BCUT2D eigenvalue weighted by Gasteiger charge is 2.45. The Balaban J connectivity index is 2.67. The maximum atomic E-state index is 12.0. The second-order valence-corrected chi connectivity index (χ2v) is 5.96. The zero-order chi connectivity index (χ0) is 14.8. The fourth-order valence-electron chi connectivity index (χ4n) is 3.07. The molecule has 0 unspecified atom stereocenters. The number of carboxylic acid groups (broad SMARTS) is 1. The topological polar surface area (TPSA) is 55.8 Å². The summed E-state index contributed by atoms with van der Waals surface area (Å²) in [5.74, 6) is 0.299. The fourth-order valence-corrected chi connectivity index (χ4v) is 3.77. The number of methoxy groups -OCH3 is 2. The Morgan fingerprint density at radius 1 is 1.20 bits per heavy atom. The molecule has 0 saturated heterocycles. The average molecular weight is 343 g/mol. The lowest BCUT2D eigenvalue weighted by atomic mass is 9.69. The summed E-state index contributed by atoms with van der Waals surface area (Å²) in [7, 11) is 3.11. The third-order valence-corrected chi connectivity index (χ3v) is 4.75. The maximum Gasteiger partial charge on any atom is 0.314 e. The lowest BCUT2D eigenvalue weighted by Gasteiger charge is -2.35. The van der Waals surface area contributed by atoms with Gasteiger partial charge in [0.05, 0.1) is 19.6 Å². The monoisotopic (exact) mass is 342 g/mol. The summed E-state index contributed by atoms with van der Waals surface area (Å²) in [4.78, 5) is 12.0. The number of carboxylic acids is 1. The van der Waals surface area contributed by atoms with Crippen LogP contribution in [0.4, 0.5) is 0 Å². The Hall–Kier alpha value is -1.23. The molecule has 0 radical (unpaired) electrons. The van der Waals surface area contributed by atoms with E-state index in [2.05, 4.69) is 15.9 Å². The number of rotatable bonds is 4. The van der Waals surface area contributed by atoms with Crippen LogP contribution in [-0.4, -0.2) is 25.3 Å². The van der Waals surface area contributed by atoms with E-state index in [4.69, 9.17) is 9.47 Å². The first-order valence-corrected chi connectivity index (χ1v) is 7.50. The van der Waals surface area contributed by atoms with Crippen LogP contribution in [0.25, 0.3) is 0 Å². The summed E-state index contributed by atoms with van der Waals surface area (Å²) < 4.78 is 11.5. The Kier molecular flexibility index (Phi) is 4.58. The van der Waals surface area contributed by atoms with Crippen molar-refractivity contribution in [3.05, 3.63) is 22.2 Å². The fraction of sp³-hybridized carbons (Fsp3) is 0.533. The zero-order valence-corrected chi connectivity index (χ0v) is 13.3. The van der Waals surface area contributed by atoms with Gasteiger partial charge in [0.2, 0.25) is 0 Å². The number of hydrogen-bond donors (Lipinski definition) is 1. The van der Waals surface area contributed by atoms with Gasteiger partial charge in [0.25, 0.3) is 0 Å². The second-order valence-electron chi connectivity index (χ2n) is 5.11. The van der Waals surface area contributed by atoms with Gasteiger partial charge in [0, 0.05) is 10.0 Å². The molecule has 1 aromatic carbocycles. The van der Waals surface area contributed by atoms with Crippen molar-refractivity contribution in [3.63, 3.8) is 0 Å². The van der Waals surface area contributed by atoms with Crippen LogP contribution in [0.15, 0.2) is 16.6 Å². The molecule has 1 saturated carbocycles. The van der Waals surface area contributed by atoms with Gasteiger partial charge >= 0.3 is 5.97 Å². The highest BCUT2D eigenvalue weighted by atomic mass is 79.9. The Bertz CT molecular complexity index is 507. The number of ether oxygens (including phenoxy) is 2. The van der Waals surface area contributed by atoms with E-state index in [1.165, 1.54) is 0 Å². The Morgan fingerprint density at radius 2 is 1.85 bits per heavy atom. The molecule has 0 amide bonds. The second kappa shape index (κ2) is 6.04. The molecule has 1 aliphatic carbocycles. The van der Waals surface area contributed by atoms with Crippen molar-refractivity contribution >= 4 is 21.9 Å². The van der Waals surface area contributed by atoms with Crippen molar-refractivity contribution in [2.45, 2.75) is 37.5 Å². The largest absolute Gasteiger partial charge is 0.493 e. The number of hydrogen-bond acceptors (Lipinski definition) is 3. The Morgan fingerprint density at radius 3 is 2.35 bits per heavy atom. The lowest BCUT2D eigenvalue weighted by molar-refractivity contribution is -0.145. The number of carbonyl (C=O) groups is 1. The van der Waals surface area contributed by atoms with Gasteiger partial charge in [0.15, 0.2) is 11.5 Å². The quantitative estimate of drug-likeness (QED) is 0.905. The maximum absolute atomic E-state index is 12.0.